The number of rotatable bonds is 3. The molecule has 0 aliphatic carbocycles. The number of aromatic hydroxyl groups is 1. The summed E-state index contributed by atoms with van der Waals surface area (Å²) in [5, 5.41) is 23.2. The maximum absolute atomic E-state index is 11.8. The van der Waals surface area contributed by atoms with Crippen LogP contribution in [0.1, 0.15) is 0 Å². The molecule has 0 saturated heterocycles. The van der Waals surface area contributed by atoms with Gasteiger partial charge in [-0.3, -0.25) is 15.0 Å². The van der Waals surface area contributed by atoms with Crippen molar-refractivity contribution < 1.29 is 5.11 Å². The van der Waals surface area contributed by atoms with Gasteiger partial charge in [0.15, 0.2) is 5.69 Å². The Morgan fingerprint density at radius 1 is 0.909 bits per heavy atom. The Kier molecular flexibility index (Phi) is 3.76. The molecular weight excluding hydrogens is 304 g/mol. The molecule has 1 aromatic heterocycles. The topological polar surface area (TPSA) is 93.6 Å². The lowest BCUT2D eigenvalue weighted by Crippen LogP contribution is -1.96. The summed E-state index contributed by atoms with van der Waals surface area (Å²) >= 11 is 5.80. The first-order valence-electron chi connectivity index (χ1n) is 6.41. The van der Waals surface area contributed by atoms with Gasteiger partial charge in [0.1, 0.15) is 5.75 Å². The zero-order valence-corrected chi connectivity index (χ0v) is 12.0. The van der Waals surface area contributed by atoms with Gasteiger partial charge < -0.3 is 5.11 Å². The minimum Gasteiger partial charge on any atom is -0.508 e. The number of nitrogens with zero attached hydrogens (tertiary/aromatic N) is 2. The number of hydrogen-bond acceptors (Lipinski definition) is 4. The monoisotopic (exact) mass is 314 g/mol. The van der Waals surface area contributed by atoms with E-state index < -0.39 is 0 Å². The lowest BCUT2D eigenvalue weighted by atomic mass is 10.1. The Hall–Kier alpha value is -2.86. The number of phenolic OH excluding ortho intramolecular Hbond substituents is 1. The zero-order valence-electron chi connectivity index (χ0n) is 11.2. The van der Waals surface area contributed by atoms with Crippen LogP contribution in [0.3, 0.4) is 0 Å². The highest BCUT2D eigenvalue weighted by atomic mass is 35.5. The minimum absolute atomic E-state index is 0.144. The average molecular weight is 315 g/mol. The van der Waals surface area contributed by atoms with Crippen LogP contribution in [-0.4, -0.2) is 15.3 Å². The lowest BCUT2D eigenvalue weighted by Gasteiger charge is -1.99. The molecule has 0 aliphatic heterocycles. The van der Waals surface area contributed by atoms with E-state index in [2.05, 4.69) is 20.4 Å². The van der Waals surface area contributed by atoms with Crippen molar-refractivity contribution in [2.24, 2.45) is 10.2 Å². The second-order valence-corrected chi connectivity index (χ2v) is 4.96. The Morgan fingerprint density at radius 3 is 2.27 bits per heavy atom. The van der Waals surface area contributed by atoms with Crippen molar-refractivity contribution in [2.45, 2.75) is 0 Å². The number of aromatic nitrogens is 2. The van der Waals surface area contributed by atoms with E-state index in [-0.39, 0.29) is 17.0 Å². The van der Waals surface area contributed by atoms with E-state index in [1.165, 1.54) is 12.1 Å². The standard InChI is InChI=1S/C15H11ClN4O2/c16-10-3-5-11(6-4-10)17-19-14-13(18-20-15(14)22)9-1-7-12(21)8-2-9/h1-8,21H,(H2,18,20,22). The van der Waals surface area contributed by atoms with Crippen molar-refractivity contribution in [3.8, 4) is 17.0 Å². The first-order chi connectivity index (χ1) is 10.6. The van der Waals surface area contributed by atoms with Crippen molar-refractivity contribution in [2.75, 3.05) is 0 Å². The normalized spacial score (nSPS) is 11.1. The van der Waals surface area contributed by atoms with E-state index in [0.717, 1.165) is 0 Å². The number of benzene rings is 2. The fourth-order valence-corrected chi connectivity index (χ4v) is 2.03. The molecule has 0 bridgehead atoms. The van der Waals surface area contributed by atoms with Crippen molar-refractivity contribution >= 4 is 23.0 Å². The van der Waals surface area contributed by atoms with Crippen LogP contribution in [0, 0.1) is 0 Å². The number of H-pyrrole nitrogens is 2. The molecule has 0 spiro atoms. The SMILES string of the molecule is O=c1[nH][nH]c(-c2ccc(O)cc2)c1N=Nc1ccc(Cl)cc1. The third-order valence-electron chi connectivity index (χ3n) is 3.00. The Bertz CT molecular complexity index is 864. The molecule has 7 heteroatoms. The van der Waals surface area contributed by atoms with E-state index >= 15 is 0 Å². The van der Waals surface area contributed by atoms with E-state index in [0.29, 0.717) is 22.0 Å². The molecule has 0 atom stereocenters. The summed E-state index contributed by atoms with van der Waals surface area (Å²) in [4.78, 5) is 11.8. The Morgan fingerprint density at radius 2 is 1.59 bits per heavy atom. The molecule has 0 fully saturated rings. The largest absolute Gasteiger partial charge is 0.508 e. The number of hydrogen-bond donors (Lipinski definition) is 3. The maximum Gasteiger partial charge on any atom is 0.292 e. The van der Waals surface area contributed by atoms with Gasteiger partial charge in [-0.2, -0.15) is 5.11 Å². The van der Waals surface area contributed by atoms with Gasteiger partial charge >= 0.3 is 0 Å². The van der Waals surface area contributed by atoms with E-state index in [9.17, 15) is 9.90 Å². The van der Waals surface area contributed by atoms with Gasteiger partial charge in [-0.15, -0.1) is 5.11 Å². The predicted octanol–water partition coefficient (Wildman–Crippen LogP) is 4.14. The van der Waals surface area contributed by atoms with Gasteiger partial charge in [-0.1, -0.05) is 11.6 Å². The van der Waals surface area contributed by atoms with Crippen LogP contribution < -0.4 is 5.56 Å². The molecule has 0 radical (unpaired) electrons. The van der Waals surface area contributed by atoms with Crippen molar-refractivity contribution in [1.82, 2.24) is 10.2 Å². The summed E-state index contributed by atoms with van der Waals surface area (Å²) in [5.41, 5.74) is 1.59. The molecule has 0 unspecified atom stereocenters. The first-order valence-corrected chi connectivity index (χ1v) is 6.78. The predicted molar refractivity (Wildman–Crippen MR) is 84.1 cm³/mol. The highest BCUT2D eigenvalue weighted by Crippen LogP contribution is 2.27. The van der Waals surface area contributed by atoms with Crippen LogP contribution in [0.2, 0.25) is 5.02 Å². The van der Waals surface area contributed by atoms with Crippen molar-refractivity contribution in [3.05, 3.63) is 63.9 Å². The number of aromatic amines is 2. The van der Waals surface area contributed by atoms with Crippen LogP contribution >= 0.6 is 11.6 Å². The number of phenols is 1. The molecule has 6 nitrogen and oxygen atoms in total. The molecule has 1 heterocycles. The van der Waals surface area contributed by atoms with E-state index in [1.54, 1.807) is 36.4 Å². The molecule has 0 amide bonds. The third kappa shape index (κ3) is 2.91. The molecule has 3 N–H and O–H groups in total. The summed E-state index contributed by atoms with van der Waals surface area (Å²) in [7, 11) is 0. The van der Waals surface area contributed by atoms with Gasteiger partial charge in [-0.25, -0.2) is 0 Å². The molecule has 3 aromatic rings. The second kappa shape index (κ2) is 5.87. The van der Waals surface area contributed by atoms with Crippen LogP contribution in [0.15, 0.2) is 63.6 Å². The third-order valence-corrected chi connectivity index (χ3v) is 3.25. The summed E-state index contributed by atoms with van der Waals surface area (Å²) in [6, 6.07) is 13.2. The van der Waals surface area contributed by atoms with Gasteiger partial charge in [0.2, 0.25) is 0 Å². The zero-order chi connectivity index (χ0) is 15.5. The van der Waals surface area contributed by atoms with Crippen LogP contribution in [-0.2, 0) is 0 Å². The summed E-state index contributed by atoms with van der Waals surface area (Å²) in [6.45, 7) is 0. The lowest BCUT2D eigenvalue weighted by molar-refractivity contribution is 0.475. The number of azo groups is 1. The Balaban J connectivity index is 1.97. The fraction of sp³-hybridized carbons (Fsp3) is 0. The van der Waals surface area contributed by atoms with Crippen LogP contribution in [0.25, 0.3) is 11.3 Å². The van der Waals surface area contributed by atoms with E-state index in [1.807, 2.05) is 0 Å². The molecule has 22 heavy (non-hydrogen) atoms. The minimum atomic E-state index is -0.374. The molecule has 0 aliphatic rings. The highest BCUT2D eigenvalue weighted by molar-refractivity contribution is 6.30. The van der Waals surface area contributed by atoms with Crippen molar-refractivity contribution in [1.29, 1.82) is 0 Å². The van der Waals surface area contributed by atoms with Gasteiger partial charge in [0.25, 0.3) is 5.56 Å². The second-order valence-electron chi connectivity index (χ2n) is 4.53. The summed E-state index contributed by atoms with van der Waals surface area (Å²) < 4.78 is 0. The molecule has 110 valence electrons. The Labute approximate surface area is 130 Å². The molecule has 3 rings (SSSR count). The summed E-state index contributed by atoms with van der Waals surface area (Å²) in [5.74, 6) is 0.144. The van der Waals surface area contributed by atoms with Crippen LogP contribution in [0.5, 0.6) is 5.75 Å². The first kappa shape index (κ1) is 14.1. The van der Waals surface area contributed by atoms with Crippen LogP contribution in [0.4, 0.5) is 11.4 Å². The maximum atomic E-state index is 11.8. The number of halogens is 1. The molecular formula is C15H11ClN4O2. The molecule has 0 saturated carbocycles. The van der Waals surface area contributed by atoms with Gasteiger partial charge in [-0.05, 0) is 48.5 Å². The van der Waals surface area contributed by atoms with Crippen molar-refractivity contribution in [3.63, 3.8) is 0 Å². The van der Waals surface area contributed by atoms with E-state index in [4.69, 9.17) is 11.6 Å². The highest BCUT2D eigenvalue weighted by Gasteiger charge is 2.11. The quantitative estimate of drug-likeness (QED) is 0.633. The van der Waals surface area contributed by atoms with Gasteiger partial charge in [0, 0.05) is 10.6 Å². The smallest absolute Gasteiger partial charge is 0.292 e. The average Bonchev–Trinajstić information content (AvgIpc) is 2.89. The molecule has 2 aromatic carbocycles. The summed E-state index contributed by atoms with van der Waals surface area (Å²) in [6.07, 6.45) is 0. The number of nitrogens with one attached hydrogen (secondary N) is 2. The fourth-order valence-electron chi connectivity index (χ4n) is 1.90. The van der Waals surface area contributed by atoms with Gasteiger partial charge in [0.05, 0.1) is 11.4 Å².